The van der Waals surface area contributed by atoms with Crippen LogP contribution in [-0.2, 0) is 14.3 Å². The molecule has 0 saturated carbocycles. The number of thioether (sulfide) groups is 1. The van der Waals surface area contributed by atoms with Gasteiger partial charge in [0, 0.05) is 23.9 Å². The number of hydrogen-bond donors (Lipinski definition) is 1. The first-order chi connectivity index (χ1) is 15.8. The van der Waals surface area contributed by atoms with Crippen LogP contribution in [0.25, 0.3) is 0 Å². The summed E-state index contributed by atoms with van der Waals surface area (Å²) < 4.78 is 16.4. The SMILES string of the molecule is CCOC(=O)C1=C(C)N=C2SC=C(CC(=O)NCC(C)C)N2C1c1ccc(OC)cc1OC. The Morgan fingerprint density at radius 1 is 1.24 bits per heavy atom. The first kappa shape index (κ1) is 24.7. The Kier molecular flexibility index (Phi) is 8.07. The van der Waals surface area contributed by atoms with Gasteiger partial charge >= 0.3 is 5.97 Å². The summed E-state index contributed by atoms with van der Waals surface area (Å²) in [5.74, 6) is 1.03. The largest absolute Gasteiger partial charge is 0.497 e. The van der Waals surface area contributed by atoms with Crippen LogP contribution >= 0.6 is 11.8 Å². The summed E-state index contributed by atoms with van der Waals surface area (Å²) in [7, 11) is 3.16. The number of aliphatic imine (C=N–C) groups is 1. The van der Waals surface area contributed by atoms with E-state index in [0.717, 1.165) is 11.3 Å². The van der Waals surface area contributed by atoms with Gasteiger partial charge in [-0.2, -0.15) is 0 Å². The Morgan fingerprint density at radius 2 is 2.00 bits per heavy atom. The summed E-state index contributed by atoms with van der Waals surface area (Å²) in [6.07, 6.45) is 0.170. The van der Waals surface area contributed by atoms with Crippen molar-refractivity contribution in [3.8, 4) is 11.5 Å². The summed E-state index contributed by atoms with van der Waals surface area (Å²) in [4.78, 5) is 32.3. The normalized spacial score (nSPS) is 17.4. The minimum atomic E-state index is -0.559. The second kappa shape index (κ2) is 10.8. The van der Waals surface area contributed by atoms with Crippen molar-refractivity contribution in [2.24, 2.45) is 10.9 Å². The number of hydrogen-bond acceptors (Lipinski definition) is 8. The molecule has 178 valence electrons. The lowest BCUT2D eigenvalue weighted by Crippen LogP contribution is -2.38. The van der Waals surface area contributed by atoms with Gasteiger partial charge in [0.25, 0.3) is 0 Å². The maximum atomic E-state index is 13.1. The number of amidine groups is 1. The van der Waals surface area contributed by atoms with E-state index in [1.165, 1.54) is 11.8 Å². The summed E-state index contributed by atoms with van der Waals surface area (Å²) in [6.45, 7) is 8.51. The Hall–Kier alpha value is -2.94. The zero-order chi connectivity index (χ0) is 24.1. The van der Waals surface area contributed by atoms with E-state index < -0.39 is 12.0 Å². The molecule has 2 aliphatic heterocycles. The van der Waals surface area contributed by atoms with E-state index in [9.17, 15) is 9.59 Å². The predicted octanol–water partition coefficient (Wildman–Crippen LogP) is 4.00. The molecule has 1 amide bonds. The number of methoxy groups -OCH3 is 2. The number of benzene rings is 1. The number of nitrogens with one attached hydrogen (secondary N) is 1. The van der Waals surface area contributed by atoms with Crippen LogP contribution in [0.5, 0.6) is 11.5 Å². The molecule has 1 unspecified atom stereocenters. The van der Waals surface area contributed by atoms with Crippen molar-refractivity contribution < 1.29 is 23.8 Å². The fourth-order valence-electron chi connectivity index (χ4n) is 3.72. The van der Waals surface area contributed by atoms with Gasteiger partial charge < -0.3 is 24.4 Å². The highest BCUT2D eigenvalue weighted by molar-refractivity contribution is 8.16. The lowest BCUT2D eigenvalue weighted by atomic mass is 9.93. The average Bonchev–Trinajstić information content (AvgIpc) is 3.18. The van der Waals surface area contributed by atoms with Crippen LogP contribution in [0.2, 0.25) is 0 Å². The third-order valence-electron chi connectivity index (χ3n) is 5.28. The third-order valence-corrected chi connectivity index (χ3v) is 6.17. The van der Waals surface area contributed by atoms with Crippen molar-refractivity contribution in [3.05, 3.63) is 46.1 Å². The highest BCUT2D eigenvalue weighted by Crippen LogP contribution is 2.47. The number of nitrogens with zero attached hydrogens (tertiary/aromatic N) is 2. The Balaban J connectivity index is 2.06. The minimum absolute atomic E-state index is 0.0822. The first-order valence-electron chi connectivity index (χ1n) is 10.9. The number of allylic oxidation sites excluding steroid dienone is 1. The van der Waals surface area contributed by atoms with Crippen molar-refractivity contribution in [2.45, 2.75) is 40.2 Å². The van der Waals surface area contributed by atoms with Crippen LogP contribution in [0.3, 0.4) is 0 Å². The van der Waals surface area contributed by atoms with Gasteiger partial charge in [-0.25, -0.2) is 9.79 Å². The number of esters is 1. The van der Waals surface area contributed by atoms with Crippen molar-refractivity contribution in [3.63, 3.8) is 0 Å². The highest BCUT2D eigenvalue weighted by Gasteiger charge is 2.42. The standard InChI is InChI=1S/C24H31N3O5S/c1-7-32-23(29)21-15(4)26-24-27(16(13-33-24)10-20(28)25-12-14(2)3)22(21)18-9-8-17(30-5)11-19(18)31-6/h8-9,11,13-14,22H,7,10,12H2,1-6H3,(H,25,28). The summed E-state index contributed by atoms with van der Waals surface area (Å²) >= 11 is 1.43. The van der Waals surface area contributed by atoms with E-state index in [2.05, 4.69) is 10.3 Å². The molecule has 8 nitrogen and oxygen atoms in total. The quantitative estimate of drug-likeness (QED) is 0.542. The highest BCUT2D eigenvalue weighted by atomic mass is 32.2. The van der Waals surface area contributed by atoms with E-state index in [4.69, 9.17) is 14.2 Å². The first-order valence-corrected chi connectivity index (χ1v) is 11.8. The number of carbonyl (C=O) groups is 2. The van der Waals surface area contributed by atoms with Gasteiger partial charge in [0.1, 0.15) is 11.5 Å². The lowest BCUT2D eigenvalue weighted by molar-refractivity contribution is -0.139. The molecule has 2 heterocycles. The van der Waals surface area contributed by atoms with Crippen molar-refractivity contribution in [2.75, 3.05) is 27.4 Å². The predicted molar refractivity (Wildman–Crippen MR) is 129 cm³/mol. The van der Waals surface area contributed by atoms with E-state index in [0.29, 0.717) is 40.4 Å². The second-order valence-electron chi connectivity index (χ2n) is 8.10. The number of rotatable bonds is 9. The zero-order valence-corrected chi connectivity index (χ0v) is 20.7. The molecule has 1 atom stereocenters. The Labute approximate surface area is 199 Å². The average molecular weight is 474 g/mol. The maximum absolute atomic E-state index is 13.1. The summed E-state index contributed by atoms with van der Waals surface area (Å²) in [6, 6.07) is 4.91. The maximum Gasteiger partial charge on any atom is 0.338 e. The van der Waals surface area contributed by atoms with Gasteiger partial charge in [-0.15, -0.1) is 0 Å². The fourth-order valence-corrected chi connectivity index (χ4v) is 4.69. The molecule has 1 aromatic rings. The molecule has 9 heteroatoms. The molecule has 0 aliphatic carbocycles. The second-order valence-corrected chi connectivity index (χ2v) is 8.93. The van der Waals surface area contributed by atoms with E-state index >= 15 is 0 Å². The number of fused-ring (bicyclic) bond motifs is 1. The molecule has 0 spiro atoms. The molecule has 33 heavy (non-hydrogen) atoms. The molecular weight excluding hydrogens is 442 g/mol. The Bertz CT molecular complexity index is 1020. The van der Waals surface area contributed by atoms with Crippen LogP contribution in [0.4, 0.5) is 0 Å². The van der Waals surface area contributed by atoms with Gasteiger partial charge in [-0.1, -0.05) is 25.6 Å². The van der Waals surface area contributed by atoms with Crippen LogP contribution in [0, 0.1) is 5.92 Å². The molecule has 2 aliphatic rings. The monoisotopic (exact) mass is 473 g/mol. The molecule has 0 radical (unpaired) electrons. The molecule has 1 N–H and O–H groups in total. The van der Waals surface area contributed by atoms with Crippen molar-refractivity contribution in [1.29, 1.82) is 0 Å². The van der Waals surface area contributed by atoms with Gasteiger partial charge in [0.2, 0.25) is 5.91 Å². The third kappa shape index (κ3) is 5.35. The van der Waals surface area contributed by atoms with Crippen LogP contribution in [0.15, 0.2) is 45.6 Å². The van der Waals surface area contributed by atoms with E-state index in [-0.39, 0.29) is 18.9 Å². The number of ether oxygens (including phenoxy) is 3. The van der Waals surface area contributed by atoms with E-state index in [1.54, 1.807) is 34.1 Å². The van der Waals surface area contributed by atoms with Crippen LogP contribution in [0.1, 0.15) is 45.7 Å². The smallest absolute Gasteiger partial charge is 0.338 e. The zero-order valence-electron chi connectivity index (χ0n) is 19.9. The van der Waals surface area contributed by atoms with Crippen LogP contribution < -0.4 is 14.8 Å². The lowest BCUT2D eigenvalue weighted by Gasteiger charge is -2.36. The fraction of sp³-hybridized carbons (Fsp3) is 0.458. The molecule has 0 fully saturated rings. The number of carbonyl (C=O) groups excluding carboxylic acids is 2. The van der Waals surface area contributed by atoms with Crippen molar-refractivity contribution in [1.82, 2.24) is 10.2 Å². The topological polar surface area (TPSA) is 89.5 Å². The Morgan fingerprint density at radius 3 is 2.64 bits per heavy atom. The van der Waals surface area contributed by atoms with E-state index in [1.807, 2.05) is 36.3 Å². The molecule has 1 aromatic carbocycles. The summed E-state index contributed by atoms with van der Waals surface area (Å²) in [5, 5.41) is 5.58. The molecular formula is C24H31N3O5S. The van der Waals surface area contributed by atoms with Gasteiger partial charge in [-0.3, -0.25) is 4.79 Å². The number of amides is 1. The molecule has 0 bridgehead atoms. The molecule has 0 saturated heterocycles. The van der Waals surface area contributed by atoms with Gasteiger partial charge in [0.15, 0.2) is 5.17 Å². The molecule has 0 aromatic heterocycles. The minimum Gasteiger partial charge on any atom is -0.497 e. The summed E-state index contributed by atoms with van der Waals surface area (Å²) in [5.41, 5.74) is 2.51. The van der Waals surface area contributed by atoms with Gasteiger partial charge in [0.05, 0.1) is 44.6 Å². The van der Waals surface area contributed by atoms with Crippen LogP contribution in [-0.4, -0.2) is 49.3 Å². The molecule has 3 rings (SSSR count). The van der Waals surface area contributed by atoms with Crippen molar-refractivity contribution >= 4 is 28.8 Å². The van der Waals surface area contributed by atoms with Gasteiger partial charge in [-0.05, 0) is 37.3 Å².